The Morgan fingerprint density at radius 2 is 0.636 bits per heavy atom. The Morgan fingerprint density at radius 3 is 0.949 bits per heavy atom. The first kappa shape index (κ1) is 88.5. The molecule has 0 aromatic carbocycles. The van der Waals surface area contributed by atoms with E-state index in [2.05, 4.69) is 31.9 Å². The molecule has 7 unspecified atom stereocenters. The molecule has 0 aromatic rings. The van der Waals surface area contributed by atoms with Crippen molar-refractivity contribution in [2.75, 3.05) is 99.4 Å². The number of carbonyl (C=O) groups excluding carboxylic acids is 9. The van der Waals surface area contributed by atoms with Crippen LogP contribution in [0, 0.1) is 0 Å². The lowest BCUT2D eigenvalue weighted by molar-refractivity contribution is -0.270. The predicted octanol–water partition coefficient (Wildman–Crippen LogP) is -2.64. The van der Waals surface area contributed by atoms with E-state index in [1.807, 2.05) is 0 Å². The van der Waals surface area contributed by atoms with E-state index in [4.69, 9.17) is 42.6 Å². The minimum Gasteiger partial charge on any atom is -0.394 e. The molecule has 3 saturated heterocycles. The fourth-order valence-corrected chi connectivity index (χ4v) is 11.2. The van der Waals surface area contributed by atoms with Crippen LogP contribution in [0.15, 0.2) is 0 Å². The van der Waals surface area contributed by atoms with Crippen molar-refractivity contribution < 1.29 is 132 Å². The molecule has 33 heteroatoms. The van der Waals surface area contributed by atoms with Crippen LogP contribution in [0.1, 0.15) is 168 Å². The van der Waals surface area contributed by atoms with Crippen LogP contribution in [0.5, 0.6) is 0 Å². The fraction of sp³-hybridized carbons (Fsp3) is 0.864. The number of likely N-dealkylation sites (N-methyl/N-ethyl adjacent to an activating group) is 1. The number of unbranched alkanes of at least 4 members (excludes halogenated alkanes) is 7. The number of carbonyl (C=O) groups is 9. The fourth-order valence-electron chi connectivity index (χ4n) is 11.2. The average Bonchev–Trinajstić information content (AvgIpc) is 0.824. The zero-order valence-corrected chi connectivity index (χ0v) is 58.2. The van der Waals surface area contributed by atoms with Gasteiger partial charge in [-0.05, 0) is 84.1 Å². The van der Waals surface area contributed by atoms with Gasteiger partial charge in [-0.3, -0.25) is 43.2 Å². The number of ether oxygens (including phenoxy) is 9. The van der Waals surface area contributed by atoms with E-state index in [0.29, 0.717) is 129 Å². The van der Waals surface area contributed by atoms with Crippen LogP contribution in [0.3, 0.4) is 0 Å². The van der Waals surface area contributed by atoms with Gasteiger partial charge in [-0.2, -0.15) is 0 Å². The van der Waals surface area contributed by atoms with Crippen molar-refractivity contribution >= 4 is 52.7 Å². The Labute approximate surface area is 579 Å². The topological polar surface area (TPSA) is 491 Å². The van der Waals surface area contributed by atoms with Gasteiger partial charge in [-0.1, -0.05) is 6.42 Å². The summed E-state index contributed by atoms with van der Waals surface area (Å²) in [4.78, 5) is 111. The van der Waals surface area contributed by atoms with E-state index < -0.39 is 135 Å². The first-order chi connectivity index (χ1) is 47.4. The van der Waals surface area contributed by atoms with Crippen molar-refractivity contribution in [1.82, 2.24) is 31.9 Å². The molecule has 0 aromatic heterocycles. The Morgan fingerprint density at radius 1 is 0.354 bits per heavy atom. The average molecular weight is 1430 g/mol. The van der Waals surface area contributed by atoms with Crippen molar-refractivity contribution in [2.24, 2.45) is 0 Å². The Kier molecular flexibility index (Phi) is 45.2. The third-order valence-electron chi connectivity index (χ3n) is 17.1. The van der Waals surface area contributed by atoms with Gasteiger partial charge in [0.05, 0.1) is 65.0 Å². The van der Waals surface area contributed by atoms with E-state index in [-0.39, 0.29) is 127 Å². The highest BCUT2D eigenvalue weighted by Crippen LogP contribution is 2.26. The summed E-state index contributed by atoms with van der Waals surface area (Å²) in [7, 11) is 1.69. The maximum Gasteiger partial charge on any atom is 0.222 e. The molecular weight excluding hydrogens is 1310 g/mol. The van der Waals surface area contributed by atoms with Crippen molar-refractivity contribution in [3.8, 4) is 0 Å². The van der Waals surface area contributed by atoms with Gasteiger partial charge in [0.1, 0.15) is 96.2 Å². The van der Waals surface area contributed by atoms with Crippen LogP contribution in [0.25, 0.3) is 0 Å². The standard InChI is InChI=1S/C66H116N6O27/c1-42(76)70-54-60(88)57(85)49(36-73)97-63(54)94-30-15-10-22-45(79)18-6-5-7-19-47(81)25-33-91-39-66(67-4,40-92-34-26-48(82)21-9-14-28-68-52(83)24-12-17-32-96-65-56(72-44(3)78)62(90)59(87)51(38-75)99-65)41-93-35-27-53(84)69-29-13-8-20-46(80)23-11-16-31-95-64-55(71-43(2)77)61(89)58(86)50(37-74)98-64/h49-51,54-65,67,73-75,85-90H,5-41H2,1-4H3,(H,68,83)(H,69,84)(H,70,76)(H,71,77)(H,72,78)/t49?,50?,51?,54?,55?,56?,57-,58-,59-,60+,61+,62+,63+,64+,65+,66?/m0/s1. The summed E-state index contributed by atoms with van der Waals surface area (Å²) >= 11 is 0. The number of Topliss-reactive ketones (excluding diaryl/α,β-unsaturated/α-hetero) is 4. The smallest absolute Gasteiger partial charge is 0.222 e. The van der Waals surface area contributed by atoms with Crippen LogP contribution >= 0.6 is 0 Å². The van der Waals surface area contributed by atoms with E-state index >= 15 is 0 Å². The van der Waals surface area contributed by atoms with E-state index in [1.165, 1.54) is 20.8 Å². The molecule has 0 spiro atoms. The molecule has 3 heterocycles. The highest BCUT2D eigenvalue weighted by atomic mass is 16.7. The molecule has 572 valence electrons. The Hall–Kier alpha value is -4.73. The number of ketones is 4. The van der Waals surface area contributed by atoms with Gasteiger partial charge < -0.3 is 120 Å². The van der Waals surface area contributed by atoms with Crippen LogP contribution in [0.4, 0.5) is 0 Å². The summed E-state index contributed by atoms with van der Waals surface area (Å²) in [6, 6.07) is -3.17. The van der Waals surface area contributed by atoms with Crippen molar-refractivity contribution in [2.45, 2.75) is 266 Å². The molecule has 0 radical (unpaired) electrons. The molecule has 5 amide bonds. The lowest BCUT2D eigenvalue weighted by Gasteiger charge is -2.42. The van der Waals surface area contributed by atoms with Crippen LogP contribution in [0.2, 0.25) is 0 Å². The summed E-state index contributed by atoms with van der Waals surface area (Å²) in [5, 5.41) is 107. The molecule has 3 fully saturated rings. The summed E-state index contributed by atoms with van der Waals surface area (Å²) < 4.78 is 51.8. The monoisotopic (exact) mass is 1420 g/mol. The molecule has 99 heavy (non-hydrogen) atoms. The molecule has 3 aliphatic heterocycles. The Balaban J connectivity index is 1.36. The summed E-state index contributed by atoms with van der Waals surface area (Å²) in [5.41, 5.74) is -0.942. The van der Waals surface area contributed by atoms with Crippen molar-refractivity contribution in [3.63, 3.8) is 0 Å². The van der Waals surface area contributed by atoms with Gasteiger partial charge >= 0.3 is 0 Å². The minimum atomic E-state index is -1.43. The maximum atomic E-state index is 12.9. The maximum absolute atomic E-state index is 12.9. The molecule has 0 saturated carbocycles. The predicted molar refractivity (Wildman–Crippen MR) is 350 cm³/mol. The molecule has 0 bridgehead atoms. The number of hydrogen-bond donors (Lipinski definition) is 15. The van der Waals surface area contributed by atoms with Gasteiger partial charge in [0, 0.05) is 118 Å². The van der Waals surface area contributed by atoms with Crippen LogP contribution in [-0.2, 0) is 85.8 Å². The number of aliphatic hydroxyl groups excluding tert-OH is 9. The highest BCUT2D eigenvalue weighted by Gasteiger charge is 2.48. The second kappa shape index (κ2) is 50.6. The van der Waals surface area contributed by atoms with Crippen LogP contribution < -0.4 is 31.9 Å². The van der Waals surface area contributed by atoms with Gasteiger partial charge in [-0.15, -0.1) is 0 Å². The SMILES string of the molecule is CNC(COCCC(=O)CCCCCC(=O)CCCCO[C@@H]1OC(CO)[C@H](O)[C@H](O)C1NC(C)=O)(COCCC(=O)CCCCNC(=O)CCCCO[C@@H]1OC(CO)[C@H](O)[C@H](O)C1NC(C)=O)COCCC(=O)NCCCCC(=O)CCCCO[C@@H]1OC(CO)[C@H](O)[C@H](O)C1NC(C)=O. The third kappa shape index (κ3) is 35.3. The number of rotatable bonds is 56. The van der Waals surface area contributed by atoms with E-state index in [9.17, 15) is 89.1 Å². The zero-order valence-electron chi connectivity index (χ0n) is 58.2. The first-order valence-corrected chi connectivity index (χ1v) is 34.9. The number of aliphatic hydroxyl groups is 9. The molecule has 3 aliphatic rings. The summed E-state index contributed by atoms with van der Waals surface area (Å²) in [5.74, 6) is -1.80. The normalized spacial score (nSPS) is 26.0. The summed E-state index contributed by atoms with van der Waals surface area (Å²) in [6.07, 6.45) is -5.97. The molecule has 33 nitrogen and oxygen atoms in total. The van der Waals surface area contributed by atoms with E-state index in [0.717, 1.165) is 0 Å². The lowest BCUT2D eigenvalue weighted by atomic mass is 9.97. The molecule has 16 atom stereocenters. The van der Waals surface area contributed by atoms with Gasteiger partial charge in [0.25, 0.3) is 0 Å². The van der Waals surface area contributed by atoms with Gasteiger partial charge in [0.2, 0.25) is 29.5 Å². The second-order valence-corrected chi connectivity index (χ2v) is 25.6. The second-order valence-electron chi connectivity index (χ2n) is 25.6. The van der Waals surface area contributed by atoms with Crippen molar-refractivity contribution in [1.29, 1.82) is 0 Å². The van der Waals surface area contributed by atoms with Gasteiger partial charge in [0.15, 0.2) is 18.9 Å². The summed E-state index contributed by atoms with van der Waals surface area (Å²) in [6.45, 7) is 3.51. The number of hydrogen-bond acceptors (Lipinski definition) is 28. The number of amides is 5. The largest absolute Gasteiger partial charge is 0.394 e. The quantitative estimate of drug-likeness (QED) is 0.0277. The molecule has 15 N–H and O–H groups in total. The number of nitrogens with one attached hydrogen (secondary N) is 6. The highest BCUT2D eigenvalue weighted by molar-refractivity contribution is 5.80. The third-order valence-corrected chi connectivity index (χ3v) is 17.1. The molecule has 3 rings (SSSR count). The first-order valence-electron chi connectivity index (χ1n) is 34.9. The lowest BCUT2D eigenvalue weighted by Crippen LogP contribution is -2.64. The van der Waals surface area contributed by atoms with Crippen molar-refractivity contribution in [3.05, 3.63) is 0 Å². The zero-order chi connectivity index (χ0) is 73.1. The molecular formula is C66H116N6O27. The van der Waals surface area contributed by atoms with Gasteiger partial charge in [-0.25, -0.2) is 0 Å². The van der Waals surface area contributed by atoms with Crippen LogP contribution in [-0.4, -0.2) is 296 Å². The molecule has 0 aliphatic carbocycles. The van der Waals surface area contributed by atoms with E-state index in [1.54, 1.807) is 7.05 Å². The minimum absolute atomic E-state index is 0.0138. The Bertz CT molecular complexity index is 2120.